The van der Waals surface area contributed by atoms with Crippen molar-refractivity contribution in [2.45, 2.75) is 6.42 Å². The van der Waals surface area contributed by atoms with Crippen LogP contribution in [0.2, 0.25) is 0 Å². The first-order chi connectivity index (χ1) is 14.7. The Balaban J connectivity index is 1.29. The first-order valence-corrected chi connectivity index (χ1v) is 9.89. The highest BCUT2D eigenvalue weighted by atomic mass is 16.6. The summed E-state index contributed by atoms with van der Waals surface area (Å²) in [4.78, 5) is 26.6. The Bertz CT molecular complexity index is 932. The number of amides is 2. The lowest BCUT2D eigenvalue weighted by Gasteiger charge is -2.22. The third kappa shape index (κ3) is 4.27. The van der Waals surface area contributed by atoms with Crippen molar-refractivity contribution < 1.29 is 28.5 Å². The zero-order valence-electron chi connectivity index (χ0n) is 16.8. The van der Waals surface area contributed by atoms with Gasteiger partial charge < -0.3 is 29.2 Å². The number of rotatable bonds is 7. The molecule has 0 radical (unpaired) electrons. The van der Waals surface area contributed by atoms with Crippen molar-refractivity contribution in [3.05, 3.63) is 42.5 Å². The van der Waals surface area contributed by atoms with Crippen molar-refractivity contribution in [1.82, 2.24) is 5.32 Å². The van der Waals surface area contributed by atoms with Crippen molar-refractivity contribution in [3.8, 4) is 23.0 Å². The fraction of sp³-hybridized carbons (Fsp3) is 0.364. The maximum absolute atomic E-state index is 12.5. The molecule has 1 atom stereocenters. The van der Waals surface area contributed by atoms with Crippen molar-refractivity contribution >= 4 is 17.5 Å². The smallest absolute Gasteiger partial charge is 0.227 e. The van der Waals surface area contributed by atoms with E-state index in [0.29, 0.717) is 61.6 Å². The molecule has 2 aromatic rings. The predicted molar refractivity (Wildman–Crippen MR) is 109 cm³/mol. The molecule has 8 heteroatoms. The minimum absolute atomic E-state index is 0.0860. The molecule has 2 aliphatic rings. The van der Waals surface area contributed by atoms with E-state index in [1.54, 1.807) is 24.1 Å². The van der Waals surface area contributed by atoms with E-state index in [1.807, 2.05) is 30.3 Å². The molecule has 0 spiro atoms. The first kappa shape index (κ1) is 19.9. The highest BCUT2D eigenvalue weighted by molar-refractivity contribution is 6.00. The molecule has 30 heavy (non-hydrogen) atoms. The van der Waals surface area contributed by atoms with Gasteiger partial charge in [0.2, 0.25) is 11.8 Å². The van der Waals surface area contributed by atoms with Crippen LogP contribution >= 0.6 is 0 Å². The normalized spacial score (nSPS) is 17.6. The molecule has 0 saturated carbocycles. The second-order valence-corrected chi connectivity index (χ2v) is 7.02. The van der Waals surface area contributed by atoms with Gasteiger partial charge in [-0.15, -0.1) is 0 Å². The Kier molecular flexibility index (Phi) is 5.92. The number of benzene rings is 2. The number of methoxy groups -OCH3 is 1. The van der Waals surface area contributed by atoms with Crippen molar-refractivity contribution in [1.29, 1.82) is 0 Å². The van der Waals surface area contributed by atoms with Gasteiger partial charge in [0.1, 0.15) is 19.8 Å². The summed E-state index contributed by atoms with van der Waals surface area (Å²) in [5.41, 5.74) is 0.707. The fourth-order valence-corrected chi connectivity index (χ4v) is 3.55. The zero-order valence-corrected chi connectivity index (χ0v) is 16.8. The molecule has 0 aromatic heterocycles. The number of nitrogens with zero attached hydrogens (tertiary/aromatic N) is 1. The van der Waals surface area contributed by atoms with Crippen molar-refractivity contribution in [2.75, 3.05) is 44.9 Å². The van der Waals surface area contributed by atoms with E-state index >= 15 is 0 Å². The molecule has 1 fully saturated rings. The van der Waals surface area contributed by atoms with Gasteiger partial charge in [-0.25, -0.2) is 0 Å². The standard InChI is InChI=1S/C22H24N2O6/c1-27-17-4-2-3-5-18(17)28-9-8-23-22(26)15-12-21(25)24(14-15)16-6-7-19-20(13-16)30-11-10-29-19/h2-7,13,15H,8-12,14H2,1H3,(H,23,26)/t15-/m0/s1. The molecular weight excluding hydrogens is 388 g/mol. The Labute approximate surface area is 174 Å². The minimum atomic E-state index is -0.406. The van der Waals surface area contributed by atoms with Gasteiger partial charge in [0, 0.05) is 24.7 Å². The maximum atomic E-state index is 12.5. The summed E-state index contributed by atoms with van der Waals surface area (Å²) < 4.78 is 22.0. The lowest BCUT2D eigenvalue weighted by atomic mass is 10.1. The summed E-state index contributed by atoms with van der Waals surface area (Å²) >= 11 is 0. The largest absolute Gasteiger partial charge is 0.493 e. The number of para-hydroxylation sites is 2. The van der Waals surface area contributed by atoms with E-state index in [0.717, 1.165) is 0 Å². The Morgan fingerprint density at radius 1 is 1.13 bits per heavy atom. The summed E-state index contributed by atoms with van der Waals surface area (Å²) in [5, 5.41) is 2.85. The SMILES string of the molecule is COc1ccccc1OCCNC(=O)[C@H]1CC(=O)N(c2ccc3c(c2)OCCO3)C1. The molecule has 8 nitrogen and oxygen atoms in total. The zero-order chi connectivity index (χ0) is 20.9. The molecule has 1 saturated heterocycles. The quantitative estimate of drug-likeness (QED) is 0.701. The van der Waals surface area contributed by atoms with Crippen LogP contribution in [0.25, 0.3) is 0 Å². The molecule has 0 aliphatic carbocycles. The monoisotopic (exact) mass is 412 g/mol. The molecule has 0 unspecified atom stereocenters. The van der Waals surface area contributed by atoms with Gasteiger partial charge in [-0.05, 0) is 24.3 Å². The van der Waals surface area contributed by atoms with E-state index in [2.05, 4.69) is 5.32 Å². The molecule has 2 amide bonds. The highest BCUT2D eigenvalue weighted by Crippen LogP contribution is 2.36. The Morgan fingerprint density at radius 2 is 1.90 bits per heavy atom. The summed E-state index contributed by atoms with van der Waals surface area (Å²) in [6, 6.07) is 12.7. The minimum Gasteiger partial charge on any atom is -0.493 e. The van der Waals surface area contributed by atoms with Gasteiger partial charge in [0.15, 0.2) is 23.0 Å². The maximum Gasteiger partial charge on any atom is 0.227 e. The lowest BCUT2D eigenvalue weighted by Crippen LogP contribution is -2.35. The summed E-state index contributed by atoms with van der Waals surface area (Å²) in [6.07, 6.45) is 0.174. The topological polar surface area (TPSA) is 86.3 Å². The third-order valence-corrected chi connectivity index (χ3v) is 5.06. The van der Waals surface area contributed by atoms with Crippen LogP contribution in [0, 0.1) is 5.92 Å². The third-order valence-electron chi connectivity index (χ3n) is 5.06. The molecule has 2 aliphatic heterocycles. The van der Waals surface area contributed by atoms with Crippen molar-refractivity contribution in [2.24, 2.45) is 5.92 Å². The van der Waals surface area contributed by atoms with Crippen LogP contribution in [0.4, 0.5) is 5.69 Å². The number of ether oxygens (including phenoxy) is 4. The Morgan fingerprint density at radius 3 is 2.70 bits per heavy atom. The fourth-order valence-electron chi connectivity index (χ4n) is 3.55. The van der Waals surface area contributed by atoms with E-state index in [9.17, 15) is 9.59 Å². The number of nitrogens with one attached hydrogen (secondary N) is 1. The molecule has 2 heterocycles. The van der Waals surface area contributed by atoms with Crippen LogP contribution in [0.3, 0.4) is 0 Å². The van der Waals surface area contributed by atoms with Gasteiger partial charge in [-0.2, -0.15) is 0 Å². The van der Waals surface area contributed by atoms with Gasteiger partial charge in [-0.1, -0.05) is 12.1 Å². The molecule has 2 aromatic carbocycles. The number of anilines is 1. The van der Waals surface area contributed by atoms with Crippen LogP contribution in [0.5, 0.6) is 23.0 Å². The second-order valence-electron chi connectivity index (χ2n) is 7.02. The van der Waals surface area contributed by atoms with E-state index in [1.165, 1.54) is 0 Å². The average molecular weight is 412 g/mol. The molecule has 0 bridgehead atoms. The average Bonchev–Trinajstić information content (AvgIpc) is 3.18. The second kappa shape index (κ2) is 8.94. The van der Waals surface area contributed by atoms with Crippen LogP contribution in [0.15, 0.2) is 42.5 Å². The van der Waals surface area contributed by atoms with E-state index < -0.39 is 5.92 Å². The highest BCUT2D eigenvalue weighted by Gasteiger charge is 2.35. The van der Waals surface area contributed by atoms with Gasteiger partial charge in [0.25, 0.3) is 0 Å². The van der Waals surface area contributed by atoms with Crippen LogP contribution in [0.1, 0.15) is 6.42 Å². The van der Waals surface area contributed by atoms with Gasteiger partial charge in [-0.3, -0.25) is 9.59 Å². The molecule has 1 N–H and O–H groups in total. The summed E-state index contributed by atoms with van der Waals surface area (Å²) in [6.45, 7) is 1.96. The predicted octanol–water partition coefficient (Wildman–Crippen LogP) is 2.01. The molecule has 158 valence electrons. The number of hydrogen-bond donors (Lipinski definition) is 1. The summed E-state index contributed by atoms with van der Waals surface area (Å²) in [5.74, 6) is 1.89. The van der Waals surface area contributed by atoms with E-state index in [-0.39, 0.29) is 18.2 Å². The Hall–Kier alpha value is -3.42. The van der Waals surface area contributed by atoms with Gasteiger partial charge >= 0.3 is 0 Å². The van der Waals surface area contributed by atoms with Gasteiger partial charge in [0.05, 0.1) is 19.6 Å². The van der Waals surface area contributed by atoms with Crippen LogP contribution < -0.4 is 29.2 Å². The van der Waals surface area contributed by atoms with Crippen molar-refractivity contribution in [3.63, 3.8) is 0 Å². The van der Waals surface area contributed by atoms with Crippen LogP contribution in [-0.4, -0.2) is 51.8 Å². The lowest BCUT2D eigenvalue weighted by molar-refractivity contribution is -0.126. The first-order valence-electron chi connectivity index (χ1n) is 9.89. The number of fused-ring (bicyclic) bond motifs is 1. The number of hydrogen-bond acceptors (Lipinski definition) is 6. The van der Waals surface area contributed by atoms with E-state index in [4.69, 9.17) is 18.9 Å². The van der Waals surface area contributed by atoms with Crippen LogP contribution in [-0.2, 0) is 9.59 Å². The number of carbonyl (C=O) groups excluding carboxylic acids is 2. The molecule has 4 rings (SSSR count). The molecular formula is C22H24N2O6. The summed E-state index contributed by atoms with van der Waals surface area (Å²) in [7, 11) is 1.58. The number of carbonyl (C=O) groups is 2.